The lowest BCUT2D eigenvalue weighted by atomic mass is 9.94. The topological polar surface area (TPSA) is 101 Å². The number of hydrogen-bond donors (Lipinski definition) is 2. The maximum atomic E-state index is 10.0. The summed E-state index contributed by atoms with van der Waals surface area (Å²) in [5.74, 6) is 2.80. The Morgan fingerprint density at radius 3 is 2.83 bits per heavy atom. The first-order valence-electron chi connectivity index (χ1n) is 12.6. The third-order valence-electron chi connectivity index (χ3n) is 6.72. The van der Waals surface area contributed by atoms with E-state index in [1.165, 1.54) is 32.1 Å². The number of aromatic nitrogens is 5. The summed E-state index contributed by atoms with van der Waals surface area (Å²) < 4.78 is 7.78. The number of aliphatic hydroxyl groups is 1. The van der Waals surface area contributed by atoms with Gasteiger partial charge in [0.2, 0.25) is 5.78 Å². The average Bonchev–Trinajstić information content (AvgIpc) is 3.36. The molecule has 9 nitrogen and oxygen atoms in total. The monoisotopic (exact) mass is 487 g/mol. The van der Waals surface area contributed by atoms with Crippen LogP contribution in [0.3, 0.4) is 0 Å². The number of ether oxygens (including phenoxy) is 1. The Balaban J connectivity index is 1.53. The summed E-state index contributed by atoms with van der Waals surface area (Å²) in [7, 11) is 3.93. The van der Waals surface area contributed by atoms with Crippen molar-refractivity contribution in [2.75, 3.05) is 32.1 Å². The van der Waals surface area contributed by atoms with E-state index in [2.05, 4.69) is 27.2 Å². The molecule has 36 heavy (non-hydrogen) atoms. The minimum Gasteiger partial charge on any atom is -0.491 e. The van der Waals surface area contributed by atoms with E-state index in [1.807, 2.05) is 53.2 Å². The molecular weight excluding hydrogens is 454 g/mol. The van der Waals surface area contributed by atoms with Gasteiger partial charge in [-0.2, -0.15) is 0 Å². The van der Waals surface area contributed by atoms with Crippen molar-refractivity contribution in [2.24, 2.45) is 0 Å². The van der Waals surface area contributed by atoms with Crippen molar-refractivity contribution in [3.05, 3.63) is 55.0 Å². The number of rotatable bonds is 9. The Hall–Kier alpha value is -3.56. The average molecular weight is 488 g/mol. The number of nitrogens with one attached hydrogen (secondary N) is 1. The molecule has 0 radical (unpaired) electrons. The predicted octanol–water partition coefficient (Wildman–Crippen LogP) is 3.58. The van der Waals surface area contributed by atoms with E-state index in [0.29, 0.717) is 29.9 Å². The molecule has 1 aromatic carbocycles. The van der Waals surface area contributed by atoms with E-state index in [-0.39, 0.29) is 6.61 Å². The van der Waals surface area contributed by atoms with Crippen LogP contribution in [0.25, 0.3) is 28.6 Å². The number of aliphatic hydroxyl groups excluding tert-OH is 1. The van der Waals surface area contributed by atoms with E-state index >= 15 is 0 Å². The molecule has 0 aliphatic heterocycles. The molecule has 9 heteroatoms. The molecule has 1 fully saturated rings. The fourth-order valence-electron chi connectivity index (χ4n) is 4.76. The highest BCUT2D eigenvalue weighted by atomic mass is 16.5. The van der Waals surface area contributed by atoms with Gasteiger partial charge in [-0.25, -0.2) is 19.9 Å². The van der Waals surface area contributed by atoms with Gasteiger partial charge in [-0.1, -0.05) is 31.4 Å². The lowest BCUT2D eigenvalue weighted by Crippen LogP contribution is -2.34. The van der Waals surface area contributed by atoms with Crippen LogP contribution in [0.2, 0.25) is 0 Å². The van der Waals surface area contributed by atoms with Gasteiger partial charge in [-0.3, -0.25) is 4.40 Å². The predicted molar refractivity (Wildman–Crippen MR) is 140 cm³/mol. The largest absolute Gasteiger partial charge is 0.491 e. The van der Waals surface area contributed by atoms with Crippen LogP contribution in [0, 0.1) is 0 Å². The fourth-order valence-corrected chi connectivity index (χ4v) is 4.76. The van der Waals surface area contributed by atoms with Crippen LogP contribution >= 0.6 is 0 Å². The molecule has 5 rings (SSSR count). The summed E-state index contributed by atoms with van der Waals surface area (Å²) >= 11 is 0. The van der Waals surface area contributed by atoms with Crippen LogP contribution in [-0.4, -0.2) is 68.8 Å². The van der Waals surface area contributed by atoms with Gasteiger partial charge in [-0.05, 0) is 38.1 Å². The van der Waals surface area contributed by atoms with Crippen LogP contribution in [-0.2, 0) is 0 Å². The second-order valence-electron chi connectivity index (χ2n) is 9.32. The molecule has 1 atom stereocenters. The minimum absolute atomic E-state index is 0.204. The van der Waals surface area contributed by atoms with Gasteiger partial charge in [0.1, 0.15) is 24.3 Å². The smallest absolute Gasteiger partial charge is 0.234 e. The highest BCUT2D eigenvalue weighted by Crippen LogP contribution is 2.31. The summed E-state index contributed by atoms with van der Waals surface area (Å²) in [5, 5.41) is 13.0. The molecule has 3 heterocycles. The molecule has 4 aromatic rings. The van der Waals surface area contributed by atoms with Gasteiger partial charge in [0, 0.05) is 43.7 Å². The van der Waals surface area contributed by atoms with Crippen LogP contribution in [0.5, 0.6) is 5.75 Å². The zero-order valence-corrected chi connectivity index (χ0v) is 20.8. The number of imidazole rings is 1. The molecule has 1 saturated carbocycles. The summed E-state index contributed by atoms with van der Waals surface area (Å²) in [5.41, 5.74) is 2.50. The zero-order chi connectivity index (χ0) is 24.9. The summed E-state index contributed by atoms with van der Waals surface area (Å²) in [6.07, 6.45) is 11.0. The molecule has 0 spiro atoms. The molecule has 2 N–H and O–H groups in total. The molecular formula is C27H33N7O2. The lowest BCUT2D eigenvalue weighted by Gasteiger charge is -2.32. The number of fused-ring (bicyclic) bond motifs is 1. The molecule has 0 bridgehead atoms. The Labute approximate surface area is 211 Å². The van der Waals surface area contributed by atoms with Crippen molar-refractivity contribution in [1.82, 2.24) is 29.7 Å². The normalized spacial score (nSPS) is 15.2. The maximum Gasteiger partial charge on any atom is 0.234 e. The van der Waals surface area contributed by atoms with Gasteiger partial charge in [0.05, 0.1) is 17.6 Å². The number of nitrogens with zero attached hydrogens (tertiary/aromatic N) is 6. The number of likely N-dealkylation sites (N-methyl/N-ethyl adjacent to an activating group) is 1. The van der Waals surface area contributed by atoms with Gasteiger partial charge in [0.15, 0.2) is 5.82 Å². The second kappa shape index (κ2) is 11.0. The molecule has 188 valence electrons. The van der Waals surface area contributed by atoms with Crippen molar-refractivity contribution in [3.63, 3.8) is 0 Å². The van der Waals surface area contributed by atoms with Gasteiger partial charge in [-0.15, -0.1) is 0 Å². The first kappa shape index (κ1) is 24.1. The van der Waals surface area contributed by atoms with Crippen molar-refractivity contribution in [1.29, 1.82) is 0 Å². The Morgan fingerprint density at radius 1 is 1.14 bits per heavy atom. The first-order chi connectivity index (χ1) is 17.6. The number of hydrogen-bond acceptors (Lipinski definition) is 8. The third-order valence-corrected chi connectivity index (χ3v) is 6.72. The standard InChI is InChI=1S/C27H33N7O2/c1-28-16-21(35)18-36-22-11-6-8-19(14-22)26-31-23(24-17-30-27-29-12-7-13-34(24)27)15-25(32-26)33(2)20-9-4-3-5-10-20/h6-8,11-15,17,20-21,28,35H,3-5,9-10,16,18H2,1-2H3. The van der Waals surface area contributed by atoms with Gasteiger partial charge < -0.3 is 20.1 Å². The van der Waals surface area contributed by atoms with Crippen molar-refractivity contribution in [3.8, 4) is 28.5 Å². The SMILES string of the molecule is CNCC(O)COc1cccc(-c2nc(-c3cnc4ncccn34)cc(N(C)C3CCCCC3)n2)c1. The van der Waals surface area contributed by atoms with E-state index in [9.17, 15) is 5.11 Å². The van der Waals surface area contributed by atoms with Crippen LogP contribution in [0.4, 0.5) is 5.82 Å². The van der Waals surface area contributed by atoms with E-state index in [1.54, 1.807) is 13.2 Å². The van der Waals surface area contributed by atoms with Gasteiger partial charge >= 0.3 is 0 Å². The zero-order valence-electron chi connectivity index (χ0n) is 20.8. The van der Waals surface area contributed by atoms with E-state index < -0.39 is 6.10 Å². The van der Waals surface area contributed by atoms with Crippen LogP contribution < -0.4 is 15.0 Å². The molecule has 1 unspecified atom stereocenters. The van der Waals surface area contributed by atoms with Crippen molar-refractivity contribution in [2.45, 2.75) is 44.2 Å². The number of benzene rings is 1. The second-order valence-corrected chi connectivity index (χ2v) is 9.32. The summed E-state index contributed by atoms with van der Waals surface area (Å²) in [4.78, 5) is 21.0. The molecule has 3 aromatic heterocycles. The number of anilines is 1. The van der Waals surface area contributed by atoms with Crippen LogP contribution in [0.15, 0.2) is 55.0 Å². The molecule has 1 aliphatic carbocycles. The maximum absolute atomic E-state index is 10.0. The minimum atomic E-state index is -0.585. The Morgan fingerprint density at radius 2 is 2.00 bits per heavy atom. The highest BCUT2D eigenvalue weighted by molar-refractivity contribution is 5.68. The molecule has 0 saturated heterocycles. The quantitative estimate of drug-likeness (QED) is 0.370. The highest BCUT2D eigenvalue weighted by Gasteiger charge is 2.22. The van der Waals surface area contributed by atoms with E-state index in [4.69, 9.17) is 14.7 Å². The van der Waals surface area contributed by atoms with Gasteiger partial charge in [0.25, 0.3) is 0 Å². The van der Waals surface area contributed by atoms with Crippen molar-refractivity contribution >= 4 is 11.6 Å². The lowest BCUT2D eigenvalue weighted by molar-refractivity contribution is 0.108. The fraction of sp³-hybridized carbons (Fsp3) is 0.407. The third kappa shape index (κ3) is 5.32. The first-order valence-corrected chi connectivity index (χ1v) is 12.6. The summed E-state index contributed by atoms with van der Waals surface area (Å²) in [6, 6.07) is 12.1. The molecule has 1 aliphatic rings. The van der Waals surface area contributed by atoms with E-state index in [0.717, 1.165) is 22.8 Å². The summed E-state index contributed by atoms with van der Waals surface area (Å²) in [6.45, 7) is 0.672. The van der Waals surface area contributed by atoms with Crippen LogP contribution in [0.1, 0.15) is 32.1 Å². The Kier molecular flexibility index (Phi) is 7.39. The Bertz CT molecular complexity index is 1300. The molecule has 0 amide bonds. The van der Waals surface area contributed by atoms with Crippen molar-refractivity contribution < 1.29 is 9.84 Å².